The van der Waals surface area contributed by atoms with Crippen molar-refractivity contribution in [3.63, 3.8) is 0 Å². The number of carbonyl (C=O) groups excluding carboxylic acids is 1. The quantitative estimate of drug-likeness (QED) is 0.793. The first kappa shape index (κ1) is 20.2. The van der Waals surface area contributed by atoms with Crippen molar-refractivity contribution in [3.8, 4) is 5.75 Å². The first-order valence-electron chi connectivity index (χ1n) is 9.12. The maximum absolute atomic E-state index is 12.4. The van der Waals surface area contributed by atoms with E-state index < -0.39 is 10.0 Å². The largest absolute Gasteiger partial charge is 0.497 e. The third-order valence-corrected chi connectivity index (χ3v) is 6.20. The molecule has 0 unspecified atom stereocenters. The zero-order valence-electron chi connectivity index (χ0n) is 16.1. The average Bonchev–Trinajstić information content (AvgIpc) is 2.72. The Labute approximate surface area is 166 Å². The summed E-state index contributed by atoms with van der Waals surface area (Å²) in [4.78, 5) is 16.5. The molecular weight excluding hydrogens is 378 g/mol. The maximum atomic E-state index is 12.4. The van der Waals surface area contributed by atoms with Gasteiger partial charge in [-0.15, -0.1) is 0 Å². The number of aryl methyl sites for hydroxylation is 1. The summed E-state index contributed by atoms with van der Waals surface area (Å²) in [6.45, 7) is 4.38. The van der Waals surface area contributed by atoms with E-state index in [0.29, 0.717) is 18.8 Å². The summed E-state index contributed by atoms with van der Waals surface area (Å²) in [5.74, 6) is 0.350. The first-order valence-corrected chi connectivity index (χ1v) is 10.6. The molecule has 7 nitrogen and oxygen atoms in total. The highest BCUT2D eigenvalue weighted by molar-refractivity contribution is 7.89. The Morgan fingerprint density at radius 3 is 2.36 bits per heavy atom. The fourth-order valence-electron chi connectivity index (χ4n) is 3.15. The summed E-state index contributed by atoms with van der Waals surface area (Å²) in [5, 5.41) is 0. The smallest absolute Gasteiger partial charge is 0.241 e. The predicted octanol–water partition coefficient (Wildman–Crippen LogP) is 1.63. The van der Waals surface area contributed by atoms with Crippen LogP contribution in [0.3, 0.4) is 0 Å². The highest BCUT2D eigenvalue weighted by Gasteiger charge is 2.23. The zero-order chi connectivity index (χ0) is 20.1. The zero-order valence-corrected chi connectivity index (χ0v) is 16.9. The number of hydrogen-bond donors (Lipinski definition) is 1. The Hall–Kier alpha value is -2.58. The van der Waals surface area contributed by atoms with E-state index in [0.717, 1.165) is 18.8 Å². The molecule has 0 aromatic heterocycles. The first-order chi connectivity index (χ1) is 13.4. The van der Waals surface area contributed by atoms with E-state index >= 15 is 0 Å². The van der Waals surface area contributed by atoms with Crippen molar-refractivity contribution in [2.24, 2.45) is 0 Å². The fraction of sp³-hybridized carbons (Fsp3) is 0.350. The van der Waals surface area contributed by atoms with Crippen LogP contribution in [0.2, 0.25) is 0 Å². The van der Waals surface area contributed by atoms with Crippen LogP contribution in [0.4, 0.5) is 5.69 Å². The lowest BCUT2D eigenvalue weighted by atomic mass is 10.2. The summed E-state index contributed by atoms with van der Waals surface area (Å²) in [6.07, 6.45) is 0. The summed E-state index contributed by atoms with van der Waals surface area (Å²) < 4.78 is 32.1. The number of hydrogen-bond acceptors (Lipinski definition) is 5. The molecule has 3 rings (SSSR count). The molecule has 8 heteroatoms. The van der Waals surface area contributed by atoms with Crippen LogP contribution >= 0.6 is 0 Å². The molecular formula is C20H25N3O4S. The molecule has 1 heterocycles. The van der Waals surface area contributed by atoms with Crippen molar-refractivity contribution >= 4 is 21.6 Å². The number of anilines is 1. The van der Waals surface area contributed by atoms with Gasteiger partial charge in [-0.1, -0.05) is 12.1 Å². The number of sulfonamides is 1. The fourth-order valence-corrected chi connectivity index (χ4v) is 4.12. The van der Waals surface area contributed by atoms with Gasteiger partial charge in [0.15, 0.2) is 0 Å². The summed E-state index contributed by atoms with van der Waals surface area (Å²) >= 11 is 0. The van der Waals surface area contributed by atoms with Crippen LogP contribution in [0.5, 0.6) is 5.75 Å². The van der Waals surface area contributed by atoms with E-state index in [1.807, 2.05) is 6.07 Å². The maximum Gasteiger partial charge on any atom is 0.241 e. The third kappa shape index (κ3) is 4.82. The van der Waals surface area contributed by atoms with E-state index in [2.05, 4.69) is 34.7 Å². The Bertz CT molecular complexity index is 921. The van der Waals surface area contributed by atoms with Crippen LogP contribution in [-0.4, -0.2) is 59.1 Å². The van der Waals surface area contributed by atoms with Gasteiger partial charge >= 0.3 is 0 Å². The number of rotatable bonds is 6. The van der Waals surface area contributed by atoms with Crippen LogP contribution in [0.1, 0.15) is 5.56 Å². The molecule has 1 saturated heterocycles. The van der Waals surface area contributed by atoms with Crippen LogP contribution in [0.15, 0.2) is 53.4 Å². The van der Waals surface area contributed by atoms with Crippen LogP contribution < -0.4 is 14.4 Å². The molecule has 1 aliphatic heterocycles. The van der Waals surface area contributed by atoms with Crippen LogP contribution in [0.25, 0.3) is 0 Å². The van der Waals surface area contributed by atoms with Crippen molar-refractivity contribution in [2.75, 3.05) is 44.7 Å². The van der Waals surface area contributed by atoms with Crippen molar-refractivity contribution in [1.82, 2.24) is 9.62 Å². The number of piperazine rings is 1. The molecule has 1 N–H and O–H groups in total. The third-order valence-electron chi connectivity index (χ3n) is 4.78. The van der Waals surface area contributed by atoms with E-state index in [9.17, 15) is 13.2 Å². The lowest BCUT2D eigenvalue weighted by molar-refractivity contribution is -0.130. The molecule has 1 amide bonds. The van der Waals surface area contributed by atoms with Gasteiger partial charge in [-0.25, -0.2) is 13.1 Å². The highest BCUT2D eigenvalue weighted by Crippen LogP contribution is 2.18. The number of methoxy groups -OCH3 is 1. The normalized spacial score (nSPS) is 14.8. The summed E-state index contributed by atoms with van der Waals surface area (Å²) in [5.41, 5.74) is 2.34. The molecule has 2 aromatic rings. The minimum Gasteiger partial charge on any atom is -0.497 e. The van der Waals surface area contributed by atoms with Crippen molar-refractivity contribution in [3.05, 3.63) is 54.1 Å². The van der Waals surface area contributed by atoms with E-state index in [1.54, 1.807) is 17.0 Å². The minimum absolute atomic E-state index is 0.102. The average molecular weight is 404 g/mol. The van der Waals surface area contributed by atoms with E-state index in [4.69, 9.17) is 4.74 Å². The number of nitrogens with zero attached hydrogens (tertiary/aromatic N) is 2. The van der Waals surface area contributed by atoms with Crippen LogP contribution in [-0.2, 0) is 14.8 Å². The van der Waals surface area contributed by atoms with Crippen LogP contribution in [0, 0.1) is 6.92 Å². The molecule has 28 heavy (non-hydrogen) atoms. The van der Waals surface area contributed by atoms with Gasteiger partial charge in [-0.05, 0) is 48.9 Å². The minimum atomic E-state index is -3.74. The lowest BCUT2D eigenvalue weighted by Gasteiger charge is -2.36. The Morgan fingerprint density at radius 2 is 1.75 bits per heavy atom. The second-order valence-electron chi connectivity index (χ2n) is 6.71. The Morgan fingerprint density at radius 1 is 1.07 bits per heavy atom. The molecule has 0 atom stereocenters. The van der Waals surface area contributed by atoms with Gasteiger partial charge in [0.2, 0.25) is 15.9 Å². The number of carbonyl (C=O) groups is 1. The van der Waals surface area contributed by atoms with Crippen molar-refractivity contribution in [1.29, 1.82) is 0 Å². The second kappa shape index (κ2) is 8.62. The molecule has 150 valence electrons. The topological polar surface area (TPSA) is 78.9 Å². The lowest BCUT2D eigenvalue weighted by Crippen LogP contribution is -2.51. The Balaban J connectivity index is 1.52. The van der Waals surface area contributed by atoms with Crippen molar-refractivity contribution in [2.45, 2.75) is 11.8 Å². The second-order valence-corrected chi connectivity index (χ2v) is 8.47. The SMILES string of the molecule is COc1ccc(S(=O)(=O)NCC(=O)N2CCN(c3cccc(C)c3)CC2)cc1. The predicted molar refractivity (Wildman–Crippen MR) is 108 cm³/mol. The monoisotopic (exact) mass is 403 g/mol. The number of ether oxygens (including phenoxy) is 1. The molecule has 0 radical (unpaired) electrons. The van der Waals surface area contributed by atoms with E-state index in [-0.39, 0.29) is 17.3 Å². The van der Waals surface area contributed by atoms with Gasteiger partial charge in [0.25, 0.3) is 0 Å². The molecule has 0 saturated carbocycles. The van der Waals surface area contributed by atoms with Gasteiger partial charge in [-0.3, -0.25) is 4.79 Å². The van der Waals surface area contributed by atoms with Gasteiger partial charge < -0.3 is 14.5 Å². The molecule has 0 aliphatic carbocycles. The number of benzene rings is 2. The molecule has 1 aliphatic rings. The highest BCUT2D eigenvalue weighted by atomic mass is 32.2. The molecule has 2 aromatic carbocycles. The van der Waals surface area contributed by atoms with Gasteiger partial charge in [-0.2, -0.15) is 0 Å². The Kier molecular flexibility index (Phi) is 6.21. The number of amides is 1. The molecule has 0 spiro atoms. The van der Waals surface area contributed by atoms with Crippen molar-refractivity contribution < 1.29 is 17.9 Å². The van der Waals surface area contributed by atoms with Gasteiger partial charge in [0, 0.05) is 31.9 Å². The van der Waals surface area contributed by atoms with Gasteiger partial charge in [0.05, 0.1) is 18.6 Å². The van der Waals surface area contributed by atoms with Gasteiger partial charge in [0.1, 0.15) is 5.75 Å². The summed E-state index contributed by atoms with van der Waals surface area (Å²) in [7, 11) is -2.23. The standard InChI is InChI=1S/C20H25N3O4S/c1-16-4-3-5-17(14-16)22-10-12-23(13-11-22)20(24)15-21-28(25,26)19-8-6-18(27-2)7-9-19/h3-9,14,21H,10-13,15H2,1-2H3. The molecule has 1 fully saturated rings. The molecule has 0 bridgehead atoms. The number of nitrogens with one attached hydrogen (secondary N) is 1. The summed E-state index contributed by atoms with van der Waals surface area (Å²) in [6, 6.07) is 14.3. The van der Waals surface area contributed by atoms with E-state index in [1.165, 1.54) is 24.8 Å².